The van der Waals surface area contributed by atoms with Crippen molar-refractivity contribution in [3.63, 3.8) is 0 Å². The van der Waals surface area contributed by atoms with Crippen molar-refractivity contribution in [2.45, 2.75) is 24.9 Å². The molecule has 1 aromatic carbocycles. The minimum Gasteiger partial charge on any atom is -0.347 e. The van der Waals surface area contributed by atoms with Gasteiger partial charge >= 0.3 is 0 Å². The van der Waals surface area contributed by atoms with Gasteiger partial charge in [-0.15, -0.1) is 0 Å². The van der Waals surface area contributed by atoms with E-state index in [0.29, 0.717) is 5.02 Å². The molecule has 0 amide bonds. The molecule has 1 heterocycles. The first-order valence-corrected chi connectivity index (χ1v) is 7.86. The van der Waals surface area contributed by atoms with Crippen LogP contribution in [0.15, 0.2) is 24.3 Å². The molecule has 2 aromatic rings. The van der Waals surface area contributed by atoms with Crippen molar-refractivity contribution in [1.82, 2.24) is 4.57 Å². The Bertz CT molecular complexity index is 686. The van der Waals surface area contributed by atoms with E-state index in [1.807, 2.05) is 35.9 Å². The fraction of sp³-hybridized carbons (Fsp3) is 0.385. The molecule has 0 fully saturated rings. The first kappa shape index (κ1) is 13.4. The maximum absolute atomic E-state index is 12.0. The third-order valence-electron chi connectivity index (χ3n) is 3.20. The summed E-state index contributed by atoms with van der Waals surface area (Å²) in [5.41, 5.74) is 1.73. The number of sulfone groups is 1. The normalized spacial score (nSPS) is 12.5. The summed E-state index contributed by atoms with van der Waals surface area (Å²) in [6, 6.07) is 7.47. The fourth-order valence-corrected chi connectivity index (χ4v) is 3.14. The molecule has 0 bridgehead atoms. The number of fused-ring (bicyclic) bond motifs is 1. The number of aromatic nitrogens is 1. The van der Waals surface area contributed by atoms with Crippen LogP contribution in [-0.2, 0) is 22.6 Å². The zero-order valence-corrected chi connectivity index (χ0v) is 12.2. The van der Waals surface area contributed by atoms with Crippen LogP contribution >= 0.6 is 11.6 Å². The van der Waals surface area contributed by atoms with E-state index in [0.717, 1.165) is 16.6 Å². The van der Waals surface area contributed by atoms with Crippen LogP contribution in [0.3, 0.4) is 0 Å². The zero-order valence-electron chi connectivity index (χ0n) is 10.6. The summed E-state index contributed by atoms with van der Waals surface area (Å²) in [6.45, 7) is 3.40. The molecule has 0 saturated heterocycles. The molecule has 98 valence electrons. The molecule has 0 radical (unpaired) electrons. The number of nitrogens with zero attached hydrogens (tertiary/aromatic N) is 1. The lowest BCUT2D eigenvalue weighted by Gasteiger charge is -2.08. The highest BCUT2D eigenvalue weighted by Gasteiger charge is 2.19. The molecular formula is C13H16ClNO2S. The van der Waals surface area contributed by atoms with E-state index >= 15 is 0 Å². The van der Waals surface area contributed by atoms with Gasteiger partial charge < -0.3 is 4.57 Å². The van der Waals surface area contributed by atoms with Crippen LogP contribution in [0.1, 0.15) is 19.5 Å². The molecule has 0 aliphatic rings. The van der Waals surface area contributed by atoms with Gasteiger partial charge in [-0.25, -0.2) is 8.42 Å². The summed E-state index contributed by atoms with van der Waals surface area (Å²) in [7, 11) is -1.23. The van der Waals surface area contributed by atoms with Crippen LogP contribution < -0.4 is 0 Å². The molecule has 0 unspecified atom stereocenters. The Hall–Kier alpha value is -1.00. The van der Waals surface area contributed by atoms with Gasteiger partial charge in [0.15, 0.2) is 9.84 Å². The molecule has 0 saturated carbocycles. The summed E-state index contributed by atoms with van der Waals surface area (Å²) in [6.07, 6.45) is 0. The smallest absolute Gasteiger partial charge is 0.158 e. The van der Waals surface area contributed by atoms with Crippen LogP contribution in [0, 0.1) is 0 Å². The molecular weight excluding hydrogens is 270 g/mol. The second-order valence-corrected chi connectivity index (χ2v) is 7.69. The van der Waals surface area contributed by atoms with Crippen molar-refractivity contribution in [2.24, 2.45) is 7.05 Å². The van der Waals surface area contributed by atoms with Gasteiger partial charge in [0.1, 0.15) is 0 Å². The number of benzene rings is 1. The number of rotatable bonds is 3. The van der Waals surface area contributed by atoms with E-state index in [1.165, 1.54) is 0 Å². The Balaban J connectivity index is 2.54. The number of hydrogen-bond donors (Lipinski definition) is 0. The van der Waals surface area contributed by atoms with E-state index in [2.05, 4.69) is 0 Å². The Labute approximate surface area is 112 Å². The molecule has 0 spiro atoms. The van der Waals surface area contributed by atoms with Crippen LogP contribution in [0.4, 0.5) is 0 Å². The highest BCUT2D eigenvalue weighted by molar-refractivity contribution is 7.91. The van der Waals surface area contributed by atoms with Crippen LogP contribution in [0.25, 0.3) is 10.9 Å². The molecule has 18 heavy (non-hydrogen) atoms. The topological polar surface area (TPSA) is 39.1 Å². The molecule has 0 aliphatic carbocycles. The van der Waals surface area contributed by atoms with E-state index in [-0.39, 0.29) is 11.0 Å². The molecule has 0 N–H and O–H groups in total. The van der Waals surface area contributed by atoms with Gasteiger partial charge in [-0.1, -0.05) is 17.7 Å². The lowest BCUT2D eigenvalue weighted by atomic mass is 10.2. The van der Waals surface area contributed by atoms with Crippen molar-refractivity contribution in [2.75, 3.05) is 0 Å². The van der Waals surface area contributed by atoms with Crippen molar-refractivity contribution in [1.29, 1.82) is 0 Å². The van der Waals surface area contributed by atoms with E-state index in [1.54, 1.807) is 13.8 Å². The highest BCUT2D eigenvalue weighted by Crippen LogP contribution is 2.27. The van der Waals surface area contributed by atoms with Gasteiger partial charge in [-0.2, -0.15) is 0 Å². The average molecular weight is 286 g/mol. The lowest BCUT2D eigenvalue weighted by Crippen LogP contribution is -2.17. The highest BCUT2D eigenvalue weighted by atomic mass is 35.5. The average Bonchev–Trinajstić information content (AvgIpc) is 2.58. The first-order chi connectivity index (χ1) is 8.33. The van der Waals surface area contributed by atoms with E-state index in [9.17, 15) is 8.42 Å². The predicted octanol–water partition coefficient (Wildman–Crippen LogP) is 3.15. The van der Waals surface area contributed by atoms with Gasteiger partial charge in [0.05, 0.1) is 11.0 Å². The molecule has 0 atom stereocenters. The summed E-state index contributed by atoms with van der Waals surface area (Å²) in [5.74, 6) is 0.0478. The van der Waals surface area contributed by atoms with Crippen LogP contribution in [0.2, 0.25) is 5.02 Å². The third kappa shape index (κ3) is 2.27. The summed E-state index contributed by atoms with van der Waals surface area (Å²) in [5, 5.41) is 1.18. The maximum Gasteiger partial charge on any atom is 0.158 e. The van der Waals surface area contributed by atoms with Crippen molar-refractivity contribution >= 4 is 32.3 Å². The molecule has 0 aliphatic heterocycles. The minimum absolute atomic E-state index is 0.0478. The van der Waals surface area contributed by atoms with Crippen molar-refractivity contribution in [3.8, 4) is 0 Å². The standard InChI is InChI=1S/C13H16ClNO2S/c1-9(2)18(16,17)8-10-7-11-12(14)5-4-6-13(11)15(10)3/h4-7,9H,8H2,1-3H3. The second-order valence-electron chi connectivity index (χ2n) is 4.72. The summed E-state index contributed by atoms with van der Waals surface area (Å²) >= 11 is 6.11. The zero-order chi connectivity index (χ0) is 13.5. The fourth-order valence-electron chi connectivity index (χ4n) is 1.89. The SMILES string of the molecule is CC(C)S(=O)(=O)Cc1cc2c(Cl)cccc2n1C. The van der Waals surface area contributed by atoms with Gasteiger partial charge in [0.2, 0.25) is 0 Å². The Kier molecular flexibility index (Phi) is 3.43. The van der Waals surface area contributed by atoms with Crippen LogP contribution in [-0.4, -0.2) is 18.2 Å². The summed E-state index contributed by atoms with van der Waals surface area (Å²) in [4.78, 5) is 0. The van der Waals surface area contributed by atoms with Gasteiger partial charge in [0, 0.05) is 28.7 Å². The number of halogens is 1. The van der Waals surface area contributed by atoms with Gasteiger partial charge in [-0.05, 0) is 32.0 Å². The molecule has 3 nitrogen and oxygen atoms in total. The minimum atomic E-state index is -3.10. The Morgan fingerprint density at radius 2 is 2.00 bits per heavy atom. The quantitative estimate of drug-likeness (QED) is 0.869. The van der Waals surface area contributed by atoms with E-state index < -0.39 is 9.84 Å². The molecule has 2 rings (SSSR count). The number of hydrogen-bond acceptors (Lipinski definition) is 2. The molecule has 1 aromatic heterocycles. The van der Waals surface area contributed by atoms with Gasteiger partial charge in [-0.3, -0.25) is 0 Å². The first-order valence-electron chi connectivity index (χ1n) is 5.77. The Morgan fingerprint density at radius 3 is 2.56 bits per heavy atom. The largest absolute Gasteiger partial charge is 0.347 e. The predicted molar refractivity (Wildman–Crippen MR) is 75.7 cm³/mol. The third-order valence-corrected chi connectivity index (χ3v) is 5.66. The van der Waals surface area contributed by atoms with Gasteiger partial charge in [0.25, 0.3) is 0 Å². The van der Waals surface area contributed by atoms with Crippen molar-refractivity contribution in [3.05, 3.63) is 35.0 Å². The summed E-state index contributed by atoms with van der Waals surface area (Å²) < 4.78 is 25.8. The Morgan fingerprint density at radius 1 is 1.33 bits per heavy atom. The van der Waals surface area contributed by atoms with Crippen LogP contribution in [0.5, 0.6) is 0 Å². The maximum atomic E-state index is 12.0. The lowest BCUT2D eigenvalue weighted by molar-refractivity contribution is 0.585. The van der Waals surface area contributed by atoms with E-state index in [4.69, 9.17) is 11.6 Å². The van der Waals surface area contributed by atoms with Crippen molar-refractivity contribution < 1.29 is 8.42 Å². The number of aryl methyl sites for hydroxylation is 1. The second kappa shape index (κ2) is 4.59. The monoisotopic (exact) mass is 285 g/mol. The molecule has 5 heteroatoms.